The molecule has 31 heavy (non-hydrogen) atoms. The van der Waals surface area contributed by atoms with E-state index in [4.69, 9.17) is 9.47 Å². The average Bonchev–Trinajstić information content (AvgIpc) is 2.79. The van der Waals surface area contributed by atoms with E-state index in [0.29, 0.717) is 32.8 Å². The maximum atomic E-state index is 12.7. The summed E-state index contributed by atoms with van der Waals surface area (Å²) in [4.78, 5) is 25.3. The second kappa shape index (κ2) is 10.4. The van der Waals surface area contributed by atoms with Crippen LogP contribution in [0, 0.1) is 0 Å². The van der Waals surface area contributed by atoms with E-state index in [1.54, 1.807) is 74.9 Å². The Morgan fingerprint density at radius 3 is 2.32 bits per heavy atom. The highest BCUT2D eigenvalue weighted by Crippen LogP contribution is 2.23. The van der Waals surface area contributed by atoms with Crippen molar-refractivity contribution in [2.45, 2.75) is 0 Å². The number of hydrogen-bond acceptors (Lipinski definition) is 5. The predicted molar refractivity (Wildman–Crippen MR) is 123 cm³/mol. The Morgan fingerprint density at radius 2 is 1.61 bits per heavy atom. The third kappa shape index (κ3) is 5.49. The van der Waals surface area contributed by atoms with Crippen LogP contribution in [0.5, 0.6) is 11.5 Å². The molecule has 0 unspecified atom stereocenters. The van der Waals surface area contributed by atoms with E-state index >= 15 is 0 Å². The van der Waals surface area contributed by atoms with Gasteiger partial charge in [-0.3, -0.25) is 9.59 Å². The molecule has 0 saturated heterocycles. The van der Waals surface area contributed by atoms with Crippen molar-refractivity contribution in [2.24, 2.45) is 5.10 Å². The van der Waals surface area contributed by atoms with E-state index in [-0.39, 0.29) is 11.5 Å². The number of nitrogens with one attached hydrogen (secondary N) is 2. The second-order valence-corrected chi connectivity index (χ2v) is 7.14. The lowest BCUT2D eigenvalue weighted by Crippen LogP contribution is -2.21. The molecular weight excluding hydrogens is 462 g/mol. The monoisotopic (exact) mass is 481 g/mol. The van der Waals surface area contributed by atoms with Crippen molar-refractivity contribution in [3.05, 3.63) is 87.9 Å². The zero-order valence-corrected chi connectivity index (χ0v) is 18.5. The van der Waals surface area contributed by atoms with Crippen LogP contribution in [0.15, 0.2) is 76.3 Å². The molecular formula is C23H20BrN3O4. The number of para-hydroxylation sites is 1. The predicted octanol–water partition coefficient (Wildman–Crippen LogP) is 4.48. The fraction of sp³-hybridized carbons (Fsp3) is 0.0870. The number of amides is 2. The van der Waals surface area contributed by atoms with Gasteiger partial charge in [0, 0.05) is 10.0 Å². The molecule has 2 N–H and O–H groups in total. The van der Waals surface area contributed by atoms with Crippen molar-refractivity contribution in [3.63, 3.8) is 0 Å². The van der Waals surface area contributed by atoms with Crippen LogP contribution in [0.4, 0.5) is 5.69 Å². The lowest BCUT2D eigenvalue weighted by molar-refractivity contribution is 0.0956. The van der Waals surface area contributed by atoms with Crippen LogP contribution < -0.4 is 20.2 Å². The summed E-state index contributed by atoms with van der Waals surface area (Å²) >= 11 is 3.36. The van der Waals surface area contributed by atoms with Gasteiger partial charge in [0.05, 0.1) is 37.2 Å². The summed E-state index contributed by atoms with van der Waals surface area (Å²) in [5.41, 5.74) is 4.22. The molecule has 0 spiro atoms. The van der Waals surface area contributed by atoms with Gasteiger partial charge in [0.15, 0.2) is 0 Å². The lowest BCUT2D eigenvalue weighted by atomic mass is 10.1. The standard InChI is InChI=1S/C23H20BrN3O4/c1-30-16-11-12-21(31-2)15(13-16)14-25-27-23(29)18-8-4-6-10-20(18)26-22(28)17-7-3-5-9-19(17)24/h3-14H,1-2H3,(H,26,28)(H,27,29)/b25-14+. The molecule has 0 aliphatic carbocycles. The van der Waals surface area contributed by atoms with E-state index in [9.17, 15) is 9.59 Å². The van der Waals surface area contributed by atoms with E-state index < -0.39 is 5.91 Å². The van der Waals surface area contributed by atoms with Crippen LogP contribution in [0.25, 0.3) is 0 Å². The smallest absolute Gasteiger partial charge is 0.273 e. The zero-order chi connectivity index (χ0) is 22.2. The Bertz CT molecular complexity index is 1130. The molecule has 8 heteroatoms. The quantitative estimate of drug-likeness (QED) is 0.384. The molecule has 0 aliphatic heterocycles. The van der Waals surface area contributed by atoms with E-state index in [2.05, 4.69) is 31.8 Å². The molecule has 158 valence electrons. The molecule has 0 atom stereocenters. The lowest BCUT2D eigenvalue weighted by Gasteiger charge is -2.11. The number of benzene rings is 3. The normalized spacial score (nSPS) is 10.5. The highest BCUT2D eigenvalue weighted by molar-refractivity contribution is 9.10. The first-order valence-electron chi connectivity index (χ1n) is 9.24. The van der Waals surface area contributed by atoms with Gasteiger partial charge in [-0.15, -0.1) is 0 Å². The summed E-state index contributed by atoms with van der Waals surface area (Å²) in [7, 11) is 3.10. The summed E-state index contributed by atoms with van der Waals surface area (Å²) in [6, 6.07) is 19.0. The van der Waals surface area contributed by atoms with Gasteiger partial charge in [-0.2, -0.15) is 5.10 Å². The van der Waals surface area contributed by atoms with Crippen molar-refractivity contribution in [3.8, 4) is 11.5 Å². The fourth-order valence-electron chi connectivity index (χ4n) is 2.79. The van der Waals surface area contributed by atoms with Crippen LogP contribution in [-0.2, 0) is 0 Å². The summed E-state index contributed by atoms with van der Waals surface area (Å²) < 4.78 is 11.1. The zero-order valence-electron chi connectivity index (χ0n) is 16.9. The Morgan fingerprint density at radius 1 is 0.903 bits per heavy atom. The molecule has 0 fully saturated rings. The van der Waals surface area contributed by atoms with Crippen LogP contribution >= 0.6 is 15.9 Å². The Kier molecular flexibility index (Phi) is 7.40. The minimum absolute atomic E-state index is 0.276. The summed E-state index contributed by atoms with van der Waals surface area (Å²) in [6.07, 6.45) is 1.46. The highest BCUT2D eigenvalue weighted by atomic mass is 79.9. The van der Waals surface area contributed by atoms with Crippen LogP contribution in [0.1, 0.15) is 26.3 Å². The summed E-state index contributed by atoms with van der Waals surface area (Å²) in [5.74, 6) is 0.409. The summed E-state index contributed by atoms with van der Waals surface area (Å²) in [6.45, 7) is 0. The van der Waals surface area contributed by atoms with Gasteiger partial charge in [-0.05, 0) is 58.4 Å². The van der Waals surface area contributed by atoms with E-state index in [1.165, 1.54) is 6.21 Å². The number of anilines is 1. The van der Waals surface area contributed by atoms with Gasteiger partial charge in [0.2, 0.25) is 0 Å². The molecule has 7 nitrogen and oxygen atoms in total. The van der Waals surface area contributed by atoms with Crippen molar-refractivity contribution >= 4 is 39.6 Å². The third-order valence-electron chi connectivity index (χ3n) is 4.34. The number of carbonyl (C=O) groups excluding carboxylic acids is 2. The average molecular weight is 482 g/mol. The largest absolute Gasteiger partial charge is 0.497 e. The van der Waals surface area contributed by atoms with Crippen LogP contribution in [0.3, 0.4) is 0 Å². The minimum Gasteiger partial charge on any atom is -0.497 e. The van der Waals surface area contributed by atoms with E-state index in [1.807, 2.05) is 6.07 Å². The number of carbonyl (C=O) groups is 2. The minimum atomic E-state index is -0.471. The van der Waals surface area contributed by atoms with Gasteiger partial charge < -0.3 is 14.8 Å². The first-order chi connectivity index (χ1) is 15.0. The topological polar surface area (TPSA) is 89.0 Å². The SMILES string of the molecule is COc1ccc(OC)c(/C=N/NC(=O)c2ccccc2NC(=O)c2ccccc2Br)c1. The number of hydrazone groups is 1. The molecule has 0 radical (unpaired) electrons. The Balaban J connectivity index is 1.76. The number of methoxy groups -OCH3 is 2. The molecule has 0 aromatic heterocycles. The summed E-state index contributed by atoms with van der Waals surface area (Å²) in [5, 5.41) is 6.79. The molecule has 0 saturated carbocycles. The van der Waals surface area contributed by atoms with Gasteiger partial charge in [0.1, 0.15) is 11.5 Å². The fourth-order valence-corrected chi connectivity index (χ4v) is 3.25. The van der Waals surface area contributed by atoms with Crippen molar-refractivity contribution in [1.29, 1.82) is 0 Å². The number of halogens is 1. The number of ether oxygens (including phenoxy) is 2. The molecule has 0 heterocycles. The molecule has 0 bridgehead atoms. The second-order valence-electron chi connectivity index (χ2n) is 6.29. The van der Waals surface area contributed by atoms with Gasteiger partial charge in [-0.1, -0.05) is 24.3 Å². The Labute approximate surface area is 188 Å². The maximum absolute atomic E-state index is 12.7. The number of rotatable bonds is 7. The molecule has 3 rings (SSSR count). The first-order valence-corrected chi connectivity index (χ1v) is 10.0. The van der Waals surface area contributed by atoms with Gasteiger partial charge in [0.25, 0.3) is 11.8 Å². The highest BCUT2D eigenvalue weighted by Gasteiger charge is 2.15. The van der Waals surface area contributed by atoms with Crippen molar-refractivity contribution in [1.82, 2.24) is 5.43 Å². The van der Waals surface area contributed by atoms with E-state index in [0.717, 1.165) is 0 Å². The molecule has 3 aromatic carbocycles. The Hall–Kier alpha value is -3.65. The first kappa shape index (κ1) is 22.0. The van der Waals surface area contributed by atoms with Crippen molar-refractivity contribution < 1.29 is 19.1 Å². The van der Waals surface area contributed by atoms with Crippen molar-refractivity contribution in [2.75, 3.05) is 19.5 Å². The van der Waals surface area contributed by atoms with Gasteiger partial charge in [-0.25, -0.2) is 5.43 Å². The molecule has 3 aromatic rings. The van der Waals surface area contributed by atoms with Gasteiger partial charge >= 0.3 is 0 Å². The maximum Gasteiger partial charge on any atom is 0.273 e. The molecule has 0 aliphatic rings. The molecule has 2 amide bonds. The van der Waals surface area contributed by atoms with Crippen LogP contribution in [-0.4, -0.2) is 32.2 Å². The third-order valence-corrected chi connectivity index (χ3v) is 5.04. The van der Waals surface area contributed by atoms with Crippen LogP contribution in [0.2, 0.25) is 0 Å². The number of nitrogens with zero attached hydrogens (tertiary/aromatic N) is 1. The number of hydrogen-bond donors (Lipinski definition) is 2.